The lowest BCUT2D eigenvalue weighted by Gasteiger charge is -2.31. The first-order valence-corrected chi connectivity index (χ1v) is 5.30. The molecule has 0 fully saturated rings. The Kier molecular flexibility index (Phi) is 2.53. The van der Waals surface area contributed by atoms with Crippen molar-refractivity contribution in [3.8, 4) is 5.75 Å². The fourth-order valence-electron chi connectivity index (χ4n) is 1.83. The third kappa shape index (κ3) is 1.73. The molecule has 5 nitrogen and oxygen atoms in total. The summed E-state index contributed by atoms with van der Waals surface area (Å²) < 4.78 is 5.45. The third-order valence-electron chi connectivity index (χ3n) is 2.84. The highest BCUT2D eigenvalue weighted by atomic mass is 16.5. The van der Waals surface area contributed by atoms with Gasteiger partial charge >= 0.3 is 0 Å². The summed E-state index contributed by atoms with van der Waals surface area (Å²) in [6.45, 7) is 3.12. The average Bonchev–Trinajstić information content (AvgIpc) is 2.27. The van der Waals surface area contributed by atoms with Gasteiger partial charge in [0.25, 0.3) is 5.91 Å². The van der Waals surface area contributed by atoms with Crippen LogP contribution in [0.4, 0.5) is 11.4 Å². The fraction of sp³-hybridized carbons (Fsp3) is 0.333. The molecule has 2 rings (SSSR count). The maximum atomic E-state index is 11.8. The van der Waals surface area contributed by atoms with E-state index in [2.05, 4.69) is 0 Å². The Labute approximate surface area is 99.2 Å². The number of carbonyl (C=O) groups is 2. The molecule has 90 valence electrons. The number of rotatable bonds is 1. The third-order valence-corrected chi connectivity index (χ3v) is 2.84. The minimum absolute atomic E-state index is 0.0982. The second-order valence-electron chi connectivity index (χ2n) is 4.13. The number of nitrogens with zero attached hydrogens (tertiary/aromatic N) is 1. The predicted molar refractivity (Wildman–Crippen MR) is 64.4 cm³/mol. The molecule has 1 aliphatic rings. The molecular formula is C12H14N2O3. The molecule has 1 unspecified atom stereocenters. The second-order valence-corrected chi connectivity index (χ2v) is 4.13. The van der Waals surface area contributed by atoms with E-state index in [0.29, 0.717) is 22.7 Å². The van der Waals surface area contributed by atoms with Crippen molar-refractivity contribution in [2.24, 2.45) is 0 Å². The summed E-state index contributed by atoms with van der Waals surface area (Å²) in [5.41, 5.74) is 7.22. The molecule has 0 radical (unpaired) electrons. The molecule has 0 spiro atoms. The molecule has 0 saturated carbocycles. The van der Waals surface area contributed by atoms with Crippen molar-refractivity contribution in [3.63, 3.8) is 0 Å². The van der Waals surface area contributed by atoms with E-state index in [-0.39, 0.29) is 11.7 Å². The zero-order valence-corrected chi connectivity index (χ0v) is 9.98. The summed E-state index contributed by atoms with van der Waals surface area (Å²) in [6.07, 6.45) is -0.557. The molecule has 1 aromatic carbocycles. The Hall–Kier alpha value is -2.04. The van der Waals surface area contributed by atoms with E-state index in [1.54, 1.807) is 26.1 Å². The predicted octanol–water partition coefficient (Wildman–Crippen LogP) is 1.22. The Morgan fingerprint density at radius 3 is 2.71 bits per heavy atom. The van der Waals surface area contributed by atoms with Crippen molar-refractivity contribution in [2.45, 2.75) is 20.0 Å². The number of carbonyl (C=O) groups excluding carboxylic acids is 2. The van der Waals surface area contributed by atoms with Crippen LogP contribution in [-0.4, -0.2) is 24.8 Å². The highest BCUT2D eigenvalue weighted by Crippen LogP contribution is 2.39. The highest BCUT2D eigenvalue weighted by Gasteiger charge is 2.30. The Morgan fingerprint density at radius 2 is 2.12 bits per heavy atom. The van der Waals surface area contributed by atoms with Crippen LogP contribution in [0.2, 0.25) is 0 Å². The number of nitrogen functional groups attached to an aromatic ring is 1. The molecule has 0 aliphatic carbocycles. The van der Waals surface area contributed by atoms with E-state index >= 15 is 0 Å². The summed E-state index contributed by atoms with van der Waals surface area (Å²) >= 11 is 0. The largest absolute Gasteiger partial charge is 0.477 e. The van der Waals surface area contributed by atoms with Crippen LogP contribution in [0.5, 0.6) is 5.75 Å². The van der Waals surface area contributed by atoms with Crippen molar-refractivity contribution in [1.82, 2.24) is 0 Å². The zero-order valence-electron chi connectivity index (χ0n) is 9.98. The number of benzene rings is 1. The molecule has 1 heterocycles. The van der Waals surface area contributed by atoms with Gasteiger partial charge in [-0.15, -0.1) is 0 Å². The van der Waals surface area contributed by atoms with E-state index in [0.717, 1.165) is 0 Å². The van der Waals surface area contributed by atoms with Gasteiger partial charge in [-0.1, -0.05) is 0 Å². The number of Topliss-reactive ketones (excluding diaryl/α,β-unsaturated/α-hetero) is 1. The summed E-state index contributed by atoms with van der Waals surface area (Å²) in [4.78, 5) is 24.6. The number of nitrogens with two attached hydrogens (primary N) is 1. The normalized spacial score (nSPS) is 18.6. The number of likely N-dealkylation sites (N-methyl/N-ethyl adjacent to an activating group) is 1. The van der Waals surface area contributed by atoms with E-state index < -0.39 is 6.10 Å². The standard InChI is InChI=1S/C12H14N2O3/c1-6(15)8-4-9(13)11-10(5-8)14(3)12(16)7(2)17-11/h4-5,7H,13H2,1-3H3. The van der Waals surface area contributed by atoms with Gasteiger partial charge in [-0.2, -0.15) is 0 Å². The van der Waals surface area contributed by atoms with Gasteiger partial charge in [-0.3, -0.25) is 9.59 Å². The monoisotopic (exact) mass is 234 g/mol. The van der Waals surface area contributed by atoms with Gasteiger partial charge < -0.3 is 15.4 Å². The average molecular weight is 234 g/mol. The van der Waals surface area contributed by atoms with Crippen LogP contribution >= 0.6 is 0 Å². The first-order valence-electron chi connectivity index (χ1n) is 5.30. The summed E-state index contributed by atoms with van der Waals surface area (Å²) in [5.74, 6) is 0.209. The van der Waals surface area contributed by atoms with E-state index in [4.69, 9.17) is 10.5 Å². The Morgan fingerprint density at radius 1 is 1.47 bits per heavy atom. The summed E-state index contributed by atoms with van der Waals surface area (Å²) in [6, 6.07) is 3.19. The maximum Gasteiger partial charge on any atom is 0.267 e. The zero-order chi connectivity index (χ0) is 12.7. The van der Waals surface area contributed by atoms with Gasteiger partial charge in [0.15, 0.2) is 17.6 Å². The lowest BCUT2D eigenvalue weighted by Crippen LogP contribution is -2.42. The van der Waals surface area contributed by atoms with Crippen LogP contribution < -0.4 is 15.4 Å². The van der Waals surface area contributed by atoms with Crippen LogP contribution in [0.25, 0.3) is 0 Å². The fourth-order valence-corrected chi connectivity index (χ4v) is 1.83. The summed E-state index contributed by atoms with van der Waals surface area (Å²) in [7, 11) is 1.64. The van der Waals surface area contributed by atoms with Gasteiger partial charge in [0.2, 0.25) is 0 Å². The van der Waals surface area contributed by atoms with Crippen molar-refractivity contribution >= 4 is 23.1 Å². The molecular weight excluding hydrogens is 220 g/mol. The lowest BCUT2D eigenvalue weighted by molar-refractivity contribution is -0.125. The highest BCUT2D eigenvalue weighted by molar-refractivity contribution is 6.04. The molecule has 1 amide bonds. The molecule has 0 bridgehead atoms. The molecule has 1 aromatic rings. The van der Waals surface area contributed by atoms with E-state index in [1.165, 1.54) is 11.8 Å². The van der Waals surface area contributed by atoms with E-state index in [9.17, 15) is 9.59 Å². The van der Waals surface area contributed by atoms with Crippen LogP contribution in [-0.2, 0) is 4.79 Å². The van der Waals surface area contributed by atoms with Crippen LogP contribution in [0, 0.1) is 0 Å². The van der Waals surface area contributed by atoms with Crippen molar-refractivity contribution in [2.75, 3.05) is 17.7 Å². The molecule has 1 aliphatic heterocycles. The molecule has 0 aromatic heterocycles. The van der Waals surface area contributed by atoms with Gasteiger partial charge in [-0.05, 0) is 26.0 Å². The number of anilines is 2. The molecule has 2 N–H and O–H groups in total. The first-order chi connectivity index (χ1) is 7.91. The van der Waals surface area contributed by atoms with E-state index in [1.807, 2.05) is 0 Å². The second kappa shape index (κ2) is 3.76. The van der Waals surface area contributed by atoms with Gasteiger partial charge in [0.1, 0.15) is 0 Å². The molecule has 0 saturated heterocycles. The first kappa shape index (κ1) is 11.4. The lowest BCUT2D eigenvalue weighted by atomic mass is 10.1. The minimum atomic E-state index is -0.557. The van der Waals surface area contributed by atoms with Gasteiger partial charge in [0.05, 0.1) is 11.4 Å². The molecule has 5 heteroatoms. The minimum Gasteiger partial charge on any atom is -0.477 e. The Bertz CT molecular complexity index is 511. The van der Waals surface area contributed by atoms with Crippen LogP contribution in [0.1, 0.15) is 24.2 Å². The van der Waals surface area contributed by atoms with Gasteiger partial charge in [0, 0.05) is 12.6 Å². The quantitative estimate of drug-likeness (QED) is 0.585. The van der Waals surface area contributed by atoms with Crippen molar-refractivity contribution in [3.05, 3.63) is 17.7 Å². The number of ether oxygens (including phenoxy) is 1. The summed E-state index contributed by atoms with van der Waals surface area (Å²) in [5, 5.41) is 0. The molecule has 1 atom stereocenters. The van der Waals surface area contributed by atoms with Crippen molar-refractivity contribution in [1.29, 1.82) is 0 Å². The van der Waals surface area contributed by atoms with Crippen LogP contribution in [0.3, 0.4) is 0 Å². The number of amides is 1. The Balaban J connectivity index is 2.61. The SMILES string of the molecule is CC(=O)c1cc(N)c2c(c1)N(C)C(=O)C(C)O2. The van der Waals surface area contributed by atoms with Gasteiger partial charge in [-0.25, -0.2) is 0 Å². The molecule has 17 heavy (non-hydrogen) atoms. The number of ketones is 1. The number of hydrogen-bond donors (Lipinski definition) is 1. The topological polar surface area (TPSA) is 72.6 Å². The number of fused-ring (bicyclic) bond motifs is 1. The maximum absolute atomic E-state index is 11.8. The van der Waals surface area contributed by atoms with Crippen molar-refractivity contribution < 1.29 is 14.3 Å². The number of hydrogen-bond acceptors (Lipinski definition) is 4. The smallest absolute Gasteiger partial charge is 0.267 e. The van der Waals surface area contributed by atoms with Crippen LogP contribution in [0.15, 0.2) is 12.1 Å².